The molecule has 1 heterocycles. The first-order valence-electron chi connectivity index (χ1n) is 5.40. The third-order valence-electron chi connectivity index (χ3n) is 2.49. The Bertz CT molecular complexity index is 531. The smallest absolute Gasteiger partial charge is 0.166 e. The predicted molar refractivity (Wildman–Crippen MR) is 62.0 cm³/mol. The molecular formula is C13H13NO3. The highest BCUT2D eigenvalue weighted by Gasteiger charge is 2.11. The summed E-state index contributed by atoms with van der Waals surface area (Å²) in [7, 11) is 0. The molecule has 0 fully saturated rings. The highest BCUT2D eigenvalue weighted by atomic mass is 16.5. The van der Waals surface area contributed by atoms with Crippen molar-refractivity contribution in [2.45, 2.75) is 19.8 Å². The Morgan fingerprint density at radius 2 is 2.18 bits per heavy atom. The molecule has 88 valence electrons. The number of aromatic nitrogens is 1. The van der Waals surface area contributed by atoms with Crippen LogP contribution in [-0.4, -0.2) is 16.0 Å². The number of ketones is 1. The van der Waals surface area contributed by atoms with E-state index in [1.165, 1.54) is 6.07 Å². The number of aromatic hydroxyl groups is 1. The van der Waals surface area contributed by atoms with E-state index in [2.05, 4.69) is 5.16 Å². The van der Waals surface area contributed by atoms with E-state index in [4.69, 9.17) is 4.52 Å². The standard InChI is InChI=1S/C13H13NO3/c1-9-8-10(14-17-9)6-7-13(16)11-4-2-3-5-12(11)15/h2-5,8,15H,6-7H2,1H3. The number of phenols is 1. The SMILES string of the molecule is Cc1cc(CCC(=O)c2ccccc2O)no1. The minimum Gasteiger partial charge on any atom is -0.507 e. The van der Waals surface area contributed by atoms with Gasteiger partial charge in [0.2, 0.25) is 0 Å². The molecule has 1 N–H and O–H groups in total. The van der Waals surface area contributed by atoms with E-state index in [1.54, 1.807) is 31.2 Å². The number of nitrogens with zero attached hydrogens (tertiary/aromatic N) is 1. The Morgan fingerprint density at radius 1 is 1.41 bits per heavy atom. The van der Waals surface area contributed by atoms with Crippen LogP contribution in [0.1, 0.15) is 28.2 Å². The molecule has 0 aliphatic heterocycles. The Labute approximate surface area is 98.9 Å². The minimum absolute atomic E-state index is 0.0221. The lowest BCUT2D eigenvalue weighted by Gasteiger charge is -2.01. The molecule has 0 unspecified atom stereocenters. The highest BCUT2D eigenvalue weighted by Crippen LogP contribution is 2.18. The average molecular weight is 231 g/mol. The molecule has 2 rings (SSSR count). The predicted octanol–water partition coefficient (Wildman–Crippen LogP) is 2.50. The van der Waals surface area contributed by atoms with Gasteiger partial charge in [0.15, 0.2) is 5.78 Å². The van der Waals surface area contributed by atoms with E-state index in [0.29, 0.717) is 18.4 Å². The van der Waals surface area contributed by atoms with Gasteiger partial charge in [0, 0.05) is 18.9 Å². The number of phenolic OH excluding ortho intramolecular Hbond substituents is 1. The second-order valence-corrected chi connectivity index (χ2v) is 3.87. The highest BCUT2D eigenvalue weighted by molar-refractivity contribution is 5.98. The third-order valence-corrected chi connectivity index (χ3v) is 2.49. The first-order valence-corrected chi connectivity index (χ1v) is 5.40. The summed E-state index contributed by atoms with van der Waals surface area (Å²) in [5.74, 6) is 0.660. The van der Waals surface area contributed by atoms with Crippen LogP contribution in [0.2, 0.25) is 0 Å². The van der Waals surface area contributed by atoms with Crippen LogP contribution < -0.4 is 0 Å². The van der Waals surface area contributed by atoms with Gasteiger partial charge in [-0.05, 0) is 19.1 Å². The minimum atomic E-state index is -0.0937. The number of hydrogen-bond acceptors (Lipinski definition) is 4. The first kappa shape index (κ1) is 11.4. The van der Waals surface area contributed by atoms with Crippen LogP contribution in [0.25, 0.3) is 0 Å². The van der Waals surface area contributed by atoms with Crippen molar-refractivity contribution in [1.29, 1.82) is 0 Å². The van der Waals surface area contributed by atoms with Gasteiger partial charge in [0.25, 0.3) is 0 Å². The number of benzene rings is 1. The molecule has 0 aliphatic carbocycles. The summed E-state index contributed by atoms with van der Waals surface area (Å²) in [6.45, 7) is 1.81. The average Bonchev–Trinajstić information content (AvgIpc) is 2.73. The number of para-hydroxylation sites is 1. The van der Waals surface area contributed by atoms with Crippen molar-refractivity contribution in [2.24, 2.45) is 0 Å². The van der Waals surface area contributed by atoms with Crippen molar-refractivity contribution in [2.75, 3.05) is 0 Å². The number of aryl methyl sites for hydroxylation is 2. The molecule has 0 saturated heterocycles. The fourth-order valence-corrected chi connectivity index (χ4v) is 1.62. The van der Waals surface area contributed by atoms with E-state index < -0.39 is 0 Å². The maximum absolute atomic E-state index is 11.8. The summed E-state index contributed by atoms with van der Waals surface area (Å²) >= 11 is 0. The van der Waals surface area contributed by atoms with E-state index in [0.717, 1.165) is 11.5 Å². The van der Waals surface area contributed by atoms with Crippen LogP contribution in [0.5, 0.6) is 5.75 Å². The van der Waals surface area contributed by atoms with Crippen molar-refractivity contribution in [1.82, 2.24) is 5.16 Å². The number of rotatable bonds is 4. The summed E-state index contributed by atoms with van der Waals surface area (Å²) in [4.78, 5) is 11.8. The third kappa shape index (κ3) is 2.72. The van der Waals surface area contributed by atoms with E-state index >= 15 is 0 Å². The van der Waals surface area contributed by atoms with Crippen molar-refractivity contribution in [3.8, 4) is 5.75 Å². The topological polar surface area (TPSA) is 63.3 Å². The summed E-state index contributed by atoms with van der Waals surface area (Å²) in [6, 6.07) is 8.34. The Hall–Kier alpha value is -2.10. The molecule has 0 radical (unpaired) electrons. The first-order chi connectivity index (χ1) is 8.16. The number of hydrogen-bond donors (Lipinski definition) is 1. The van der Waals surface area contributed by atoms with Crippen LogP contribution in [0, 0.1) is 6.92 Å². The molecule has 1 aromatic heterocycles. The molecule has 0 bridgehead atoms. The fourth-order valence-electron chi connectivity index (χ4n) is 1.62. The molecule has 4 heteroatoms. The summed E-state index contributed by atoms with van der Waals surface area (Å²) in [6.07, 6.45) is 0.827. The van der Waals surface area contributed by atoms with Crippen LogP contribution >= 0.6 is 0 Å². The van der Waals surface area contributed by atoms with Crippen LogP contribution in [0.3, 0.4) is 0 Å². The second kappa shape index (κ2) is 4.82. The lowest BCUT2D eigenvalue weighted by Crippen LogP contribution is -2.01. The van der Waals surface area contributed by atoms with Gasteiger partial charge in [-0.15, -0.1) is 0 Å². The van der Waals surface area contributed by atoms with Crippen molar-refractivity contribution < 1.29 is 14.4 Å². The molecule has 0 spiro atoms. The van der Waals surface area contributed by atoms with Gasteiger partial charge in [0.1, 0.15) is 11.5 Å². The summed E-state index contributed by atoms with van der Waals surface area (Å²) in [5, 5.41) is 13.3. The van der Waals surface area contributed by atoms with E-state index in [-0.39, 0.29) is 11.5 Å². The van der Waals surface area contributed by atoms with Gasteiger partial charge in [-0.3, -0.25) is 4.79 Å². The van der Waals surface area contributed by atoms with Crippen LogP contribution in [-0.2, 0) is 6.42 Å². The maximum atomic E-state index is 11.8. The molecule has 1 aromatic carbocycles. The van der Waals surface area contributed by atoms with Crippen molar-refractivity contribution in [3.05, 3.63) is 47.3 Å². The van der Waals surface area contributed by atoms with Crippen LogP contribution in [0.15, 0.2) is 34.9 Å². The quantitative estimate of drug-likeness (QED) is 0.821. The van der Waals surface area contributed by atoms with Gasteiger partial charge in [-0.25, -0.2) is 0 Å². The molecule has 0 saturated carbocycles. The van der Waals surface area contributed by atoms with Crippen molar-refractivity contribution in [3.63, 3.8) is 0 Å². The Balaban J connectivity index is 2.01. The van der Waals surface area contributed by atoms with Gasteiger partial charge in [-0.2, -0.15) is 0 Å². The summed E-state index contributed by atoms with van der Waals surface area (Å²) in [5.41, 5.74) is 1.11. The molecule has 0 aliphatic rings. The zero-order chi connectivity index (χ0) is 12.3. The number of Topliss-reactive ketones (excluding diaryl/α,β-unsaturated/α-hetero) is 1. The van der Waals surface area contributed by atoms with Crippen LogP contribution in [0.4, 0.5) is 0 Å². The zero-order valence-corrected chi connectivity index (χ0v) is 9.51. The molecule has 0 amide bonds. The number of carbonyl (C=O) groups is 1. The molecule has 0 atom stereocenters. The van der Waals surface area contributed by atoms with Gasteiger partial charge >= 0.3 is 0 Å². The summed E-state index contributed by atoms with van der Waals surface area (Å²) < 4.78 is 4.92. The van der Waals surface area contributed by atoms with Gasteiger partial charge < -0.3 is 9.63 Å². The molecule has 17 heavy (non-hydrogen) atoms. The molecule has 4 nitrogen and oxygen atoms in total. The normalized spacial score (nSPS) is 10.4. The van der Waals surface area contributed by atoms with E-state index in [9.17, 15) is 9.90 Å². The monoisotopic (exact) mass is 231 g/mol. The maximum Gasteiger partial charge on any atom is 0.166 e. The molecule has 2 aromatic rings. The van der Waals surface area contributed by atoms with Gasteiger partial charge in [-0.1, -0.05) is 17.3 Å². The van der Waals surface area contributed by atoms with Gasteiger partial charge in [0.05, 0.1) is 11.3 Å². The fraction of sp³-hybridized carbons (Fsp3) is 0.231. The molecular weight excluding hydrogens is 218 g/mol. The lowest BCUT2D eigenvalue weighted by atomic mass is 10.0. The number of carbonyl (C=O) groups excluding carboxylic acids is 1. The lowest BCUT2D eigenvalue weighted by molar-refractivity contribution is 0.0979. The van der Waals surface area contributed by atoms with Crippen molar-refractivity contribution >= 4 is 5.78 Å². The Kier molecular flexibility index (Phi) is 3.23. The largest absolute Gasteiger partial charge is 0.507 e. The zero-order valence-electron chi connectivity index (χ0n) is 9.51. The van der Waals surface area contributed by atoms with E-state index in [1.807, 2.05) is 0 Å². The second-order valence-electron chi connectivity index (χ2n) is 3.87. The Morgan fingerprint density at radius 3 is 2.82 bits per heavy atom.